The number of halogens is 1. The van der Waals surface area contributed by atoms with E-state index in [0.717, 1.165) is 26.4 Å². The zero-order valence-electron chi connectivity index (χ0n) is 14.1. The molecule has 0 bridgehead atoms. The van der Waals surface area contributed by atoms with E-state index in [1.807, 2.05) is 5.38 Å². The van der Waals surface area contributed by atoms with E-state index in [1.54, 1.807) is 23.9 Å². The molecule has 1 aromatic carbocycles. The van der Waals surface area contributed by atoms with E-state index < -0.39 is 0 Å². The number of imide groups is 1. The van der Waals surface area contributed by atoms with Crippen molar-refractivity contribution in [2.24, 2.45) is 0 Å². The minimum absolute atomic E-state index is 0.0778. The predicted molar refractivity (Wildman–Crippen MR) is 103 cm³/mol. The van der Waals surface area contributed by atoms with Gasteiger partial charge in [-0.15, -0.1) is 23.1 Å². The Hall–Kier alpha value is -2.52. The van der Waals surface area contributed by atoms with Crippen LogP contribution in [-0.4, -0.2) is 45.6 Å². The van der Waals surface area contributed by atoms with Crippen LogP contribution in [-0.2, 0) is 4.79 Å². The first-order chi connectivity index (χ1) is 13.1. The van der Waals surface area contributed by atoms with Crippen LogP contribution in [0.25, 0.3) is 21.3 Å². The van der Waals surface area contributed by atoms with Crippen LogP contribution in [0.3, 0.4) is 0 Å². The molecule has 6 nitrogen and oxygen atoms in total. The number of aromatic nitrogens is 2. The van der Waals surface area contributed by atoms with Gasteiger partial charge in [0.2, 0.25) is 5.91 Å². The predicted octanol–water partition coefficient (Wildman–Crippen LogP) is 3.53. The Morgan fingerprint density at radius 2 is 2.04 bits per heavy atom. The summed E-state index contributed by atoms with van der Waals surface area (Å²) in [7, 11) is 0. The lowest BCUT2D eigenvalue weighted by Gasteiger charge is -2.11. The summed E-state index contributed by atoms with van der Waals surface area (Å²) in [5.41, 5.74) is 1.89. The van der Waals surface area contributed by atoms with Gasteiger partial charge in [-0.05, 0) is 24.1 Å². The number of fused-ring (bicyclic) bond motifs is 1. The summed E-state index contributed by atoms with van der Waals surface area (Å²) in [5, 5.41) is 6.31. The molecule has 1 aliphatic rings. The molecule has 27 heavy (non-hydrogen) atoms. The third-order valence-corrected chi connectivity index (χ3v) is 6.15. The summed E-state index contributed by atoms with van der Waals surface area (Å²) in [6.45, 7) is 0.467. The second-order valence-electron chi connectivity index (χ2n) is 5.92. The van der Waals surface area contributed by atoms with E-state index in [-0.39, 0.29) is 24.3 Å². The molecule has 0 atom stereocenters. The fourth-order valence-corrected chi connectivity index (χ4v) is 4.79. The maximum atomic E-state index is 13.2. The molecular weight excluding hydrogens is 387 g/mol. The van der Waals surface area contributed by atoms with Crippen molar-refractivity contribution in [3.05, 3.63) is 41.8 Å². The third-order valence-electron chi connectivity index (χ3n) is 4.19. The smallest absolute Gasteiger partial charge is 0.324 e. The minimum Gasteiger partial charge on any atom is -0.329 e. The molecule has 1 fully saturated rings. The fraction of sp³-hybridized carbons (Fsp3) is 0.222. The maximum Gasteiger partial charge on any atom is 0.324 e. The van der Waals surface area contributed by atoms with Gasteiger partial charge < -0.3 is 5.32 Å². The number of amides is 3. The Bertz CT molecular complexity index is 990. The molecule has 4 rings (SSSR count). The second kappa shape index (κ2) is 7.61. The molecule has 0 radical (unpaired) electrons. The van der Waals surface area contributed by atoms with Crippen LogP contribution < -0.4 is 5.32 Å². The molecule has 1 aliphatic heterocycles. The Morgan fingerprint density at radius 3 is 2.78 bits per heavy atom. The Morgan fingerprint density at radius 1 is 1.22 bits per heavy atom. The lowest BCUT2D eigenvalue weighted by molar-refractivity contribution is -0.124. The first-order valence-electron chi connectivity index (χ1n) is 8.32. The largest absolute Gasteiger partial charge is 0.329 e. The average Bonchev–Trinajstić information content (AvgIpc) is 3.24. The zero-order valence-corrected chi connectivity index (χ0v) is 15.8. The Labute approximate surface area is 162 Å². The quantitative estimate of drug-likeness (QED) is 0.295. The first-order valence-corrected chi connectivity index (χ1v) is 10.2. The molecule has 3 aromatic rings. The lowest BCUT2D eigenvalue weighted by atomic mass is 10.1. The van der Waals surface area contributed by atoms with Gasteiger partial charge in [0.05, 0.1) is 11.9 Å². The fourth-order valence-electron chi connectivity index (χ4n) is 2.87. The number of thiophene rings is 1. The van der Waals surface area contributed by atoms with Crippen LogP contribution in [0.5, 0.6) is 0 Å². The van der Waals surface area contributed by atoms with Crippen LogP contribution in [0.4, 0.5) is 9.18 Å². The average molecular weight is 402 g/mol. The number of benzene rings is 1. The molecule has 1 N–H and O–H groups in total. The topological polar surface area (TPSA) is 75.2 Å². The molecule has 3 heterocycles. The number of nitrogens with zero attached hydrogens (tertiary/aromatic N) is 3. The van der Waals surface area contributed by atoms with Crippen molar-refractivity contribution in [2.75, 3.05) is 18.8 Å². The van der Waals surface area contributed by atoms with Gasteiger partial charge in [-0.1, -0.05) is 12.1 Å². The van der Waals surface area contributed by atoms with E-state index in [1.165, 1.54) is 34.7 Å². The molecule has 3 amide bonds. The zero-order chi connectivity index (χ0) is 18.8. The van der Waals surface area contributed by atoms with Crippen LogP contribution in [0, 0.1) is 5.82 Å². The van der Waals surface area contributed by atoms with Gasteiger partial charge in [-0.2, -0.15) is 0 Å². The van der Waals surface area contributed by atoms with Crippen molar-refractivity contribution in [3.63, 3.8) is 0 Å². The van der Waals surface area contributed by atoms with E-state index in [9.17, 15) is 14.0 Å². The van der Waals surface area contributed by atoms with Crippen LogP contribution in [0.2, 0.25) is 0 Å². The van der Waals surface area contributed by atoms with Crippen molar-refractivity contribution in [3.8, 4) is 11.1 Å². The van der Waals surface area contributed by atoms with Crippen molar-refractivity contribution in [1.82, 2.24) is 20.2 Å². The first kappa shape index (κ1) is 17.9. The number of hydrogen-bond acceptors (Lipinski definition) is 6. The summed E-state index contributed by atoms with van der Waals surface area (Å²) < 4.78 is 13.2. The summed E-state index contributed by atoms with van der Waals surface area (Å²) in [5.74, 6) is 0.248. The maximum absolute atomic E-state index is 13.2. The highest BCUT2D eigenvalue weighted by atomic mass is 32.2. The number of rotatable bonds is 6. The minimum atomic E-state index is -0.328. The molecule has 0 saturated carbocycles. The SMILES string of the molecule is O=C1CNC(=O)N1CCCSc1ncnc2scc(-c3ccc(F)cc3)c12. The normalized spacial score (nSPS) is 14.2. The van der Waals surface area contributed by atoms with E-state index in [4.69, 9.17) is 0 Å². The number of carbonyl (C=O) groups is 2. The molecular formula is C18H15FN4O2S2. The number of thioether (sulfide) groups is 1. The van der Waals surface area contributed by atoms with Crippen molar-refractivity contribution >= 4 is 45.3 Å². The standard InChI is InChI=1S/C18H15FN4O2S2/c19-12-4-2-11(3-5-12)13-9-27-17-15(13)16(21-10-22-17)26-7-1-6-23-14(24)8-20-18(23)25/h2-5,9-10H,1,6-8H2,(H,20,25). The van der Waals surface area contributed by atoms with Gasteiger partial charge in [-0.25, -0.2) is 19.2 Å². The Balaban J connectivity index is 1.50. The summed E-state index contributed by atoms with van der Waals surface area (Å²) in [4.78, 5) is 34.0. The number of carbonyl (C=O) groups excluding carboxylic acids is 2. The number of hydrogen-bond donors (Lipinski definition) is 1. The van der Waals surface area contributed by atoms with E-state index in [0.29, 0.717) is 18.7 Å². The summed E-state index contributed by atoms with van der Waals surface area (Å²) >= 11 is 3.09. The lowest BCUT2D eigenvalue weighted by Crippen LogP contribution is -2.32. The van der Waals surface area contributed by atoms with Crippen molar-refractivity contribution in [1.29, 1.82) is 0 Å². The molecule has 138 valence electrons. The Kier molecular flexibility index (Phi) is 5.04. The summed E-state index contributed by atoms with van der Waals surface area (Å²) in [6.07, 6.45) is 2.21. The summed E-state index contributed by atoms with van der Waals surface area (Å²) in [6, 6.07) is 6.04. The van der Waals surface area contributed by atoms with Gasteiger partial charge in [0.1, 0.15) is 22.0 Å². The van der Waals surface area contributed by atoms with Gasteiger partial charge in [0.25, 0.3) is 0 Å². The second-order valence-corrected chi connectivity index (χ2v) is 7.86. The molecule has 2 aromatic heterocycles. The highest BCUT2D eigenvalue weighted by Gasteiger charge is 2.27. The van der Waals surface area contributed by atoms with Crippen LogP contribution >= 0.6 is 23.1 Å². The van der Waals surface area contributed by atoms with Crippen LogP contribution in [0.15, 0.2) is 41.0 Å². The van der Waals surface area contributed by atoms with Gasteiger partial charge in [0.15, 0.2) is 0 Å². The highest BCUT2D eigenvalue weighted by molar-refractivity contribution is 7.99. The molecule has 1 saturated heterocycles. The van der Waals surface area contributed by atoms with Crippen LogP contribution in [0.1, 0.15) is 6.42 Å². The van der Waals surface area contributed by atoms with Crippen molar-refractivity contribution in [2.45, 2.75) is 11.4 Å². The van der Waals surface area contributed by atoms with Gasteiger partial charge >= 0.3 is 6.03 Å². The monoisotopic (exact) mass is 402 g/mol. The molecule has 0 unspecified atom stereocenters. The molecule has 0 spiro atoms. The van der Waals surface area contributed by atoms with E-state index >= 15 is 0 Å². The highest BCUT2D eigenvalue weighted by Crippen LogP contribution is 2.37. The van der Waals surface area contributed by atoms with E-state index in [2.05, 4.69) is 15.3 Å². The molecule has 0 aliphatic carbocycles. The third kappa shape index (κ3) is 3.65. The number of urea groups is 1. The number of nitrogens with one attached hydrogen (secondary N) is 1. The van der Waals surface area contributed by atoms with Gasteiger partial charge in [-0.3, -0.25) is 9.69 Å². The van der Waals surface area contributed by atoms with Crippen molar-refractivity contribution < 1.29 is 14.0 Å². The molecule has 9 heteroatoms. The van der Waals surface area contributed by atoms with Gasteiger partial charge in [0, 0.05) is 23.2 Å².